The molecule has 0 radical (unpaired) electrons. The Morgan fingerprint density at radius 2 is 2.13 bits per heavy atom. The third-order valence-electron chi connectivity index (χ3n) is 3.96. The number of nitrogens with zero attached hydrogens (tertiary/aromatic N) is 5. The fourth-order valence-electron chi connectivity index (χ4n) is 2.93. The van der Waals surface area contributed by atoms with Crippen LogP contribution in [0.15, 0.2) is 6.20 Å². The molecule has 2 aliphatic rings. The maximum absolute atomic E-state index is 10.9. The predicted octanol–water partition coefficient (Wildman–Crippen LogP) is 0.660. The van der Waals surface area contributed by atoms with E-state index >= 15 is 0 Å². The number of hydrogen-bond donors (Lipinski definition) is 1. The summed E-state index contributed by atoms with van der Waals surface area (Å²) in [5.41, 5.74) is -0.511. The maximum Gasteiger partial charge on any atom is 0.415 e. The van der Waals surface area contributed by atoms with Gasteiger partial charge in [0.25, 0.3) is 0 Å². The van der Waals surface area contributed by atoms with Gasteiger partial charge in [-0.25, -0.2) is 4.79 Å². The second-order valence-electron chi connectivity index (χ2n) is 5.86. The quantitative estimate of drug-likeness (QED) is 0.631. The highest BCUT2D eigenvalue weighted by atomic mass is 35.5. The normalized spacial score (nSPS) is 23.8. The number of carboxylic acid groups (broad SMARTS) is 1. The first-order valence-electron chi connectivity index (χ1n) is 6.97. The van der Waals surface area contributed by atoms with Crippen LogP contribution in [-0.2, 0) is 6.54 Å². The Kier molecular flexibility index (Phi) is 4.66. The molecule has 0 bridgehead atoms. The number of fused-ring (bicyclic) bond motifs is 1. The third-order valence-corrected chi connectivity index (χ3v) is 3.96. The molecule has 1 unspecified atom stereocenters. The van der Waals surface area contributed by atoms with Crippen LogP contribution in [0.4, 0.5) is 10.6 Å². The molecule has 1 saturated heterocycles. The lowest BCUT2D eigenvalue weighted by molar-refractivity contribution is -0.389. The summed E-state index contributed by atoms with van der Waals surface area (Å²) >= 11 is 0. The van der Waals surface area contributed by atoms with Gasteiger partial charge in [0.1, 0.15) is 11.8 Å². The number of imidazole rings is 1. The van der Waals surface area contributed by atoms with E-state index in [4.69, 9.17) is 9.84 Å². The Hall–Kier alpha value is -2.07. The first-order valence-corrected chi connectivity index (χ1v) is 6.97. The summed E-state index contributed by atoms with van der Waals surface area (Å²) in [6.45, 7) is 5.28. The van der Waals surface area contributed by atoms with Crippen molar-refractivity contribution >= 4 is 24.3 Å². The zero-order valence-electron chi connectivity index (χ0n) is 12.5. The molecule has 1 amide bonds. The van der Waals surface area contributed by atoms with Crippen LogP contribution in [0.25, 0.3) is 0 Å². The zero-order valence-corrected chi connectivity index (χ0v) is 13.4. The van der Waals surface area contributed by atoms with Gasteiger partial charge in [-0.3, -0.25) is 9.47 Å². The molecule has 10 nitrogen and oxygen atoms in total. The Balaban J connectivity index is 0.00000192. The van der Waals surface area contributed by atoms with Crippen molar-refractivity contribution in [1.29, 1.82) is 0 Å². The van der Waals surface area contributed by atoms with E-state index < -0.39 is 16.6 Å². The van der Waals surface area contributed by atoms with E-state index in [1.165, 1.54) is 11.1 Å². The van der Waals surface area contributed by atoms with E-state index in [0.29, 0.717) is 39.3 Å². The standard InChI is InChI=1S/C12H17N5O5.ClH/c1-12(7-14-2-4-15(5-3-14)11(18)19)8-16-6-9(17(20)21)13-10(16)22-12;/h6H,2-5,7-8H2,1H3,(H,18,19);1H. The zero-order chi connectivity index (χ0) is 15.9. The van der Waals surface area contributed by atoms with Crippen molar-refractivity contribution in [2.45, 2.75) is 19.1 Å². The number of carbonyl (C=O) groups is 1. The van der Waals surface area contributed by atoms with Crippen LogP contribution < -0.4 is 4.74 Å². The highest BCUT2D eigenvalue weighted by molar-refractivity contribution is 5.85. The Morgan fingerprint density at radius 3 is 2.65 bits per heavy atom. The van der Waals surface area contributed by atoms with Crippen LogP contribution in [0.2, 0.25) is 0 Å². The molecule has 23 heavy (non-hydrogen) atoms. The molecule has 2 aliphatic heterocycles. The largest absolute Gasteiger partial charge is 0.465 e. The minimum atomic E-state index is -0.893. The van der Waals surface area contributed by atoms with Crippen LogP contribution in [0.1, 0.15) is 6.92 Å². The van der Waals surface area contributed by atoms with Crippen molar-refractivity contribution in [2.75, 3.05) is 32.7 Å². The van der Waals surface area contributed by atoms with Gasteiger partial charge in [0.05, 0.1) is 6.54 Å². The highest BCUT2D eigenvalue weighted by Gasteiger charge is 2.41. The summed E-state index contributed by atoms with van der Waals surface area (Å²) in [7, 11) is 0. The number of halogens is 1. The molecule has 3 heterocycles. The minimum Gasteiger partial charge on any atom is -0.465 e. The number of piperazine rings is 1. The number of amides is 1. The Morgan fingerprint density at radius 1 is 1.48 bits per heavy atom. The van der Waals surface area contributed by atoms with E-state index in [0.717, 1.165) is 0 Å². The van der Waals surface area contributed by atoms with Gasteiger partial charge in [-0.2, -0.15) is 0 Å². The molecule has 1 fully saturated rings. The summed E-state index contributed by atoms with van der Waals surface area (Å²) in [4.78, 5) is 28.4. The molecule has 1 aromatic rings. The van der Waals surface area contributed by atoms with Gasteiger partial charge in [-0.05, 0) is 11.8 Å². The van der Waals surface area contributed by atoms with E-state index in [2.05, 4.69) is 9.88 Å². The first kappa shape index (κ1) is 17.3. The topological polar surface area (TPSA) is 114 Å². The first-order chi connectivity index (χ1) is 10.4. The average molecular weight is 348 g/mol. The lowest BCUT2D eigenvalue weighted by Crippen LogP contribution is -2.53. The molecule has 0 saturated carbocycles. The molecule has 1 aromatic heterocycles. The van der Waals surface area contributed by atoms with Crippen molar-refractivity contribution in [3.63, 3.8) is 0 Å². The van der Waals surface area contributed by atoms with Gasteiger partial charge in [0.15, 0.2) is 0 Å². The summed E-state index contributed by atoms with van der Waals surface area (Å²) in [5, 5.41) is 19.6. The summed E-state index contributed by atoms with van der Waals surface area (Å²) in [6, 6.07) is 0.262. The Bertz CT molecular complexity index is 589. The van der Waals surface area contributed by atoms with Crippen LogP contribution in [0.5, 0.6) is 6.01 Å². The minimum absolute atomic E-state index is 0. The van der Waals surface area contributed by atoms with E-state index in [1.54, 1.807) is 4.57 Å². The molecular weight excluding hydrogens is 330 g/mol. The number of aromatic nitrogens is 2. The molecule has 11 heteroatoms. The maximum atomic E-state index is 10.9. The third kappa shape index (κ3) is 3.48. The molecule has 0 spiro atoms. The van der Waals surface area contributed by atoms with Crippen LogP contribution >= 0.6 is 12.4 Å². The van der Waals surface area contributed by atoms with Crippen molar-refractivity contribution in [3.8, 4) is 6.01 Å². The van der Waals surface area contributed by atoms with Crippen LogP contribution in [0, 0.1) is 10.1 Å². The molecule has 128 valence electrons. The summed E-state index contributed by atoms with van der Waals surface area (Å²) in [5.74, 6) is -0.216. The molecule has 1 N–H and O–H groups in total. The molecule has 3 rings (SSSR count). The summed E-state index contributed by atoms with van der Waals surface area (Å²) < 4.78 is 7.42. The van der Waals surface area contributed by atoms with Crippen molar-refractivity contribution in [1.82, 2.24) is 19.4 Å². The van der Waals surface area contributed by atoms with E-state index in [1.807, 2.05) is 6.92 Å². The van der Waals surface area contributed by atoms with Gasteiger partial charge < -0.3 is 24.9 Å². The molecule has 0 aromatic carbocycles. The monoisotopic (exact) mass is 347 g/mol. The molecule has 0 aliphatic carbocycles. The van der Waals surface area contributed by atoms with Gasteiger partial charge >= 0.3 is 17.9 Å². The van der Waals surface area contributed by atoms with Crippen LogP contribution in [0.3, 0.4) is 0 Å². The smallest absolute Gasteiger partial charge is 0.415 e. The highest BCUT2D eigenvalue weighted by Crippen LogP contribution is 2.31. The lowest BCUT2D eigenvalue weighted by Gasteiger charge is -2.36. The number of nitro groups is 1. The second kappa shape index (κ2) is 6.20. The van der Waals surface area contributed by atoms with Crippen molar-refractivity contribution in [2.24, 2.45) is 0 Å². The molecular formula is C12H18ClN5O5. The van der Waals surface area contributed by atoms with Crippen molar-refractivity contribution < 1.29 is 19.6 Å². The fraction of sp³-hybridized carbons (Fsp3) is 0.667. The van der Waals surface area contributed by atoms with Gasteiger partial charge in [0.2, 0.25) is 0 Å². The number of ether oxygens (including phenoxy) is 1. The predicted molar refractivity (Wildman–Crippen MR) is 81.2 cm³/mol. The average Bonchev–Trinajstić information content (AvgIpc) is 2.94. The van der Waals surface area contributed by atoms with Crippen LogP contribution in [-0.4, -0.2) is 73.8 Å². The van der Waals surface area contributed by atoms with E-state index in [-0.39, 0.29) is 24.2 Å². The lowest BCUT2D eigenvalue weighted by atomic mass is 10.1. The van der Waals surface area contributed by atoms with E-state index in [9.17, 15) is 14.9 Å². The Labute approximate surface area is 138 Å². The van der Waals surface area contributed by atoms with Gasteiger partial charge in [-0.1, -0.05) is 0 Å². The molecule has 1 atom stereocenters. The summed E-state index contributed by atoms with van der Waals surface area (Å²) in [6.07, 6.45) is 0.485. The number of rotatable bonds is 3. The van der Waals surface area contributed by atoms with Gasteiger partial charge in [-0.15, -0.1) is 12.4 Å². The second-order valence-corrected chi connectivity index (χ2v) is 5.86. The SMILES string of the molecule is CC1(CN2CCN(C(=O)O)CC2)Cn2cc([N+](=O)[O-])nc2O1.Cl. The van der Waals surface area contributed by atoms with Crippen molar-refractivity contribution in [3.05, 3.63) is 16.3 Å². The number of hydrogen-bond acceptors (Lipinski definition) is 6. The van der Waals surface area contributed by atoms with Gasteiger partial charge in [0, 0.05) is 37.7 Å². The fourth-order valence-corrected chi connectivity index (χ4v) is 2.93.